The molecule has 2 heterocycles. The highest BCUT2D eigenvalue weighted by Gasteiger charge is 2.24. The fraction of sp³-hybridized carbons (Fsp3) is 0.353. The van der Waals surface area contributed by atoms with Crippen LogP contribution in [0.1, 0.15) is 5.56 Å². The Morgan fingerprint density at radius 2 is 1.74 bits per heavy atom. The summed E-state index contributed by atoms with van der Waals surface area (Å²) < 4.78 is 24.7. The zero-order valence-electron chi connectivity index (χ0n) is 13.4. The quantitative estimate of drug-likeness (QED) is 0.865. The van der Waals surface area contributed by atoms with Crippen molar-refractivity contribution < 1.29 is 8.42 Å². The van der Waals surface area contributed by atoms with Crippen LogP contribution in [0.5, 0.6) is 0 Å². The number of aryl methyl sites for hydroxylation is 1. The van der Waals surface area contributed by atoms with E-state index in [1.807, 2.05) is 24.4 Å². The normalized spacial score (nSPS) is 16.5. The lowest BCUT2D eigenvalue weighted by molar-refractivity contribution is 0.387. The standard InChI is InChI=1S/C17H21N3O2S/c1-14-5-3-4-6-16(14)15-7-8-18-17(13-15)19-9-11-20(12-10-19)23(2,21)22/h3-8,13H,9-12H2,1-2H3. The summed E-state index contributed by atoms with van der Waals surface area (Å²) >= 11 is 0. The molecular weight excluding hydrogens is 310 g/mol. The maximum absolute atomic E-state index is 11.6. The van der Waals surface area contributed by atoms with E-state index in [9.17, 15) is 8.42 Å². The van der Waals surface area contributed by atoms with E-state index in [1.54, 1.807) is 0 Å². The third kappa shape index (κ3) is 3.54. The van der Waals surface area contributed by atoms with Crippen LogP contribution in [-0.4, -0.2) is 50.1 Å². The number of pyridine rings is 1. The average molecular weight is 331 g/mol. The van der Waals surface area contributed by atoms with Gasteiger partial charge in [0.25, 0.3) is 0 Å². The number of rotatable bonds is 3. The lowest BCUT2D eigenvalue weighted by atomic mass is 10.0. The predicted octanol–water partition coefficient (Wildman–Crippen LogP) is 2.14. The number of aromatic nitrogens is 1. The van der Waals surface area contributed by atoms with Crippen LogP contribution in [0.15, 0.2) is 42.6 Å². The first-order valence-electron chi connectivity index (χ1n) is 7.67. The van der Waals surface area contributed by atoms with Gasteiger partial charge >= 0.3 is 0 Å². The summed E-state index contributed by atoms with van der Waals surface area (Å²) in [6, 6.07) is 12.4. The highest BCUT2D eigenvalue weighted by molar-refractivity contribution is 7.88. The summed E-state index contributed by atoms with van der Waals surface area (Å²) in [6.45, 7) is 4.44. The van der Waals surface area contributed by atoms with Crippen molar-refractivity contribution in [3.05, 3.63) is 48.2 Å². The van der Waals surface area contributed by atoms with Crippen molar-refractivity contribution in [3.8, 4) is 11.1 Å². The van der Waals surface area contributed by atoms with Crippen LogP contribution >= 0.6 is 0 Å². The highest BCUT2D eigenvalue weighted by Crippen LogP contribution is 2.26. The van der Waals surface area contributed by atoms with Crippen LogP contribution in [0.25, 0.3) is 11.1 Å². The first kappa shape index (κ1) is 16.0. The number of hydrogen-bond acceptors (Lipinski definition) is 4. The highest BCUT2D eigenvalue weighted by atomic mass is 32.2. The van der Waals surface area contributed by atoms with Crippen LogP contribution in [0.3, 0.4) is 0 Å². The first-order valence-corrected chi connectivity index (χ1v) is 9.52. The molecule has 1 aromatic carbocycles. The molecule has 3 rings (SSSR count). The molecule has 0 unspecified atom stereocenters. The van der Waals surface area contributed by atoms with Crippen molar-refractivity contribution in [3.63, 3.8) is 0 Å². The van der Waals surface area contributed by atoms with Crippen LogP contribution < -0.4 is 4.90 Å². The molecule has 122 valence electrons. The van der Waals surface area contributed by atoms with Gasteiger partial charge in [0.2, 0.25) is 10.0 Å². The second kappa shape index (κ2) is 6.29. The van der Waals surface area contributed by atoms with E-state index in [1.165, 1.54) is 21.7 Å². The third-order valence-electron chi connectivity index (χ3n) is 4.23. The van der Waals surface area contributed by atoms with Gasteiger partial charge in [-0.3, -0.25) is 0 Å². The zero-order chi connectivity index (χ0) is 16.4. The Hall–Kier alpha value is -1.92. The molecule has 1 fully saturated rings. The number of anilines is 1. The molecule has 0 bridgehead atoms. The minimum Gasteiger partial charge on any atom is -0.354 e. The van der Waals surface area contributed by atoms with Crippen molar-refractivity contribution in [1.29, 1.82) is 0 Å². The van der Waals surface area contributed by atoms with Crippen LogP contribution in [0.2, 0.25) is 0 Å². The summed E-state index contributed by atoms with van der Waals surface area (Å²) in [5.41, 5.74) is 3.57. The largest absolute Gasteiger partial charge is 0.354 e. The van der Waals surface area contributed by atoms with E-state index in [0.29, 0.717) is 26.2 Å². The number of piperazine rings is 1. The molecular formula is C17H21N3O2S. The second-order valence-electron chi connectivity index (χ2n) is 5.87. The van der Waals surface area contributed by atoms with E-state index >= 15 is 0 Å². The molecule has 23 heavy (non-hydrogen) atoms. The number of sulfonamides is 1. The molecule has 0 N–H and O–H groups in total. The van der Waals surface area contributed by atoms with Gasteiger partial charge in [-0.2, -0.15) is 4.31 Å². The molecule has 0 aliphatic carbocycles. The SMILES string of the molecule is Cc1ccccc1-c1ccnc(N2CCN(S(C)(=O)=O)CC2)c1. The van der Waals surface area contributed by atoms with Crippen LogP contribution in [-0.2, 0) is 10.0 Å². The number of benzene rings is 1. The van der Waals surface area contributed by atoms with Gasteiger partial charge in [-0.05, 0) is 35.7 Å². The predicted molar refractivity (Wildman–Crippen MR) is 93.0 cm³/mol. The Morgan fingerprint density at radius 1 is 1.04 bits per heavy atom. The smallest absolute Gasteiger partial charge is 0.211 e. The Kier molecular flexibility index (Phi) is 4.37. The molecule has 1 aliphatic rings. The maximum atomic E-state index is 11.6. The summed E-state index contributed by atoms with van der Waals surface area (Å²) in [5.74, 6) is 0.902. The molecule has 0 saturated carbocycles. The maximum Gasteiger partial charge on any atom is 0.211 e. The molecule has 1 saturated heterocycles. The second-order valence-corrected chi connectivity index (χ2v) is 7.85. The monoisotopic (exact) mass is 331 g/mol. The topological polar surface area (TPSA) is 53.5 Å². The van der Waals surface area contributed by atoms with E-state index in [0.717, 1.165) is 11.4 Å². The molecule has 1 aromatic heterocycles. The van der Waals surface area contributed by atoms with Gasteiger partial charge in [0.1, 0.15) is 5.82 Å². The molecule has 0 amide bonds. The summed E-state index contributed by atoms with van der Waals surface area (Å²) in [6.07, 6.45) is 3.08. The van der Waals surface area contributed by atoms with Gasteiger partial charge < -0.3 is 4.90 Å². The molecule has 0 spiro atoms. The van der Waals surface area contributed by atoms with Gasteiger partial charge in [-0.1, -0.05) is 24.3 Å². The van der Waals surface area contributed by atoms with Crippen molar-refractivity contribution in [2.75, 3.05) is 37.3 Å². The van der Waals surface area contributed by atoms with Crippen LogP contribution in [0, 0.1) is 6.92 Å². The Labute approximate surface area is 137 Å². The van der Waals surface area contributed by atoms with Gasteiger partial charge in [0.15, 0.2) is 0 Å². The fourth-order valence-electron chi connectivity index (χ4n) is 2.90. The van der Waals surface area contributed by atoms with E-state index < -0.39 is 10.0 Å². The minimum absolute atomic E-state index is 0.509. The molecule has 1 aliphatic heterocycles. The number of hydrogen-bond donors (Lipinski definition) is 0. The van der Waals surface area contributed by atoms with Gasteiger partial charge in [0, 0.05) is 32.4 Å². The Morgan fingerprint density at radius 3 is 2.39 bits per heavy atom. The Bertz CT molecular complexity index is 797. The zero-order valence-corrected chi connectivity index (χ0v) is 14.3. The molecule has 0 radical (unpaired) electrons. The fourth-order valence-corrected chi connectivity index (χ4v) is 3.73. The summed E-state index contributed by atoms with van der Waals surface area (Å²) in [4.78, 5) is 6.61. The lowest BCUT2D eigenvalue weighted by Crippen LogP contribution is -2.48. The first-order chi connectivity index (χ1) is 10.9. The average Bonchev–Trinajstić information content (AvgIpc) is 2.55. The van der Waals surface area contributed by atoms with Gasteiger partial charge in [-0.15, -0.1) is 0 Å². The van der Waals surface area contributed by atoms with Crippen LogP contribution in [0.4, 0.5) is 5.82 Å². The summed E-state index contributed by atoms with van der Waals surface area (Å²) in [7, 11) is -3.10. The van der Waals surface area contributed by atoms with Crippen molar-refractivity contribution in [2.45, 2.75) is 6.92 Å². The Balaban J connectivity index is 1.81. The van der Waals surface area contributed by atoms with Gasteiger partial charge in [0.05, 0.1) is 6.26 Å². The molecule has 2 aromatic rings. The minimum atomic E-state index is -3.10. The van der Waals surface area contributed by atoms with Crippen molar-refractivity contribution in [2.24, 2.45) is 0 Å². The molecule has 5 nitrogen and oxygen atoms in total. The van der Waals surface area contributed by atoms with Gasteiger partial charge in [-0.25, -0.2) is 13.4 Å². The van der Waals surface area contributed by atoms with E-state index in [4.69, 9.17) is 0 Å². The number of nitrogens with zero attached hydrogens (tertiary/aromatic N) is 3. The summed E-state index contributed by atoms with van der Waals surface area (Å²) in [5, 5.41) is 0. The molecule has 0 atom stereocenters. The van der Waals surface area contributed by atoms with Crippen molar-refractivity contribution in [1.82, 2.24) is 9.29 Å². The van der Waals surface area contributed by atoms with E-state index in [2.05, 4.69) is 35.0 Å². The molecule has 6 heteroatoms. The lowest BCUT2D eigenvalue weighted by Gasteiger charge is -2.34. The van der Waals surface area contributed by atoms with E-state index in [-0.39, 0.29) is 0 Å². The third-order valence-corrected chi connectivity index (χ3v) is 5.54. The van der Waals surface area contributed by atoms with Crippen molar-refractivity contribution >= 4 is 15.8 Å².